The lowest BCUT2D eigenvalue weighted by molar-refractivity contribution is 0.232. The smallest absolute Gasteiger partial charge is 0.417 e. The van der Waals surface area contributed by atoms with E-state index in [2.05, 4.69) is 39.8 Å². The fourth-order valence-corrected chi connectivity index (χ4v) is 3.42. The highest BCUT2D eigenvalue weighted by molar-refractivity contribution is 7.42. The van der Waals surface area contributed by atoms with Gasteiger partial charge >= 0.3 is 8.60 Å². The van der Waals surface area contributed by atoms with Crippen LogP contribution >= 0.6 is 8.60 Å². The summed E-state index contributed by atoms with van der Waals surface area (Å²) in [5.41, 5.74) is 3.46. The molecule has 0 amide bonds. The molecule has 0 N–H and O–H groups in total. The maximum Gasteiger partial charge on any atom is 0.463 e. The quantitative estimate of drug-likeness (QED) is 0.684. The molecule has 1 unspecified atom stereocenters. The van der Waals surface area contributed by atoms with Gasteiger partial charge in [-0.15, -0.1) is 0 Å². The van der Waals surface area contributed by atoms with E-state index in [0.29, 0.717) is 6.61 Å². The maximum absolute atomic E-state index is 6.05. The minimum absolute atomic E-state index is 0.00435. The van der Waals surface area contributed by atoms with Crippen molar-refractivity contribution < 1.29 is 13.6 Å². The Morgan fingerprint density at radius 1 is 1.09 bits per heavy atom. The number of rotatable bonds is 2. The third kappa shape index (κ3) is 3.26. The van der Waals surface area contributed by atoms with Crippen LogP contribution in [-0.2, 0) is 16.5 Å². The molecule has 0 saturated heterocycles. The van der Waals surface area contributed by atoms with Crippen LogP contribution in [0.1, 0.15) is 37.5 Å². The molecule has 1 aliphatic heterocycles. The molecule has 2 aromatic rings. The predicted octanol–water partition coefficient (Wildman–Crippen LogP) is 5.51. The van der Waals surface area contributed by atoms with Gasteiger partial charge in [0, 0.05) is 11.1 Å². The Hall–Kier alpha value is -1.57. The molecule has 1 heterocycles. The fourth-order valence-electron chi connectivity index (χ4n) is 2.38. The number of para-hydroxylation sites is 1. The lowest BCUT2D eigenvalue weighted by atomic mass is 9.85. The first kappa shape index (κ1) is 15.3. The molecule has 22 heavy (non-hydrogen) atoms. The number of aryl methyl sites for hydroxylation is 1. The van der Waals surface area contributed by atoms with Crippen molar-refractivity contribution in [3.05, 3.63) is 59.2 Å². The van der Waals surface area contributed by atoms with Gasteiger partial charge < -0.3 is 9.05 Å². The van der Waals surface area contributed by atoms with Crippen molar-refractivity contribution in [2.75, 3.05) is 0 Å². The molecule has 0 spiro atoms. The fraction of sp³-hybridized carbons (Fsp3) is 0.333. The minimum atomic E-state index is -1.41. The molecule has 116 valence electrons. The van der Waals surface area contributed by atoms with Crippen LogP contribution in [0, 0.1) is 6.92 Å². The van der Waals surface area contributed by atoms with Gasteiger partial charge in [-0.05, 0) is 24.5 Å². The minimum Gasteiger partial charge on any atom is -0.417 e. The van der Waals surface area contributed by atoms with Crippen LogP contribution in [0.3, 0.4) is 0 Å². The van der Waals surface area contributed by atoms with E-state index >= 15 is 0 Å². The molecule has 0 radical (unpaired) electrons. The first-order valence-corrected chi connectivity index (χ1v) is 8.51. The van der Waals surface area contributed by atoms with Crippen LogP contribution in [0.2, 0.25) is 0 Å². The molecule has 0 aliphatic carbocycles. The second-order valence-corrected chi connectivity index (χ2v) is 7.61. The van der Waals surface area contributed by atoms with E-state index in [1.165, 1.54) is 11.1 Å². The molecule has 0 saturated carbocycles. The van der Waals surface area contributed by atoms with Crippen molar-refractivity contribution in [1.82, 2.24) is 0 Å². The summed E-state index contributed by atoms with van der Waals surface area (Å²) in [4.78, 5) is 0. The first-order valence-electron chi connectivity index (χ1n) is 7.41. The molecular weight excluding hydrogens is 295 g/mol. The average Bonchev–Trinajstić information content (AvgIpc) is 2.48. The van der Waals surface area contributed by atoms with E-state index in [4.69, 9.17) is 13.6 Å². The Kier molecular flexibility index (Phi) is 4.12. The maximum atomic E-state index is 6.05. The van der Waals surface area contributed by atoms with Gasteiger partial charge in [0.25, 0.3) is 0 Å². The molecule has 3 nitrogen and oxygen atoms in total. The standard InChI is InChI=1S/C18H21O3P/c1-13-9-10-17(15(11-13)18(2,3)4)21-22-19-12-14-7-5-6-8-16(14)20-22/h5-11H,12H2,1-4H3. The number of fused-ring (bicyclic) bond motifs is 1. The first-order chi connectivity index (χ1) is 10.4. The van der Waals surface area contributed by atoms with Gasteiger partial charge in [0.1, 0.15) is 11.5 Å². The van der Waals surface area contributed by atoms with Crippen LogP contribution in [0.15, 0.2) is 42.5 Å². The van der Waals surface area contributed by atoms with Gasteiger partial charge in [0.2, 0.25) is 0 Å². The van der Waals surface area contributed by atoms with Gasteiger partial charge in [-0.25, -0.2) is 0 Å². The Labute approximate surface area is 133 Å². The SMILES string of the molecule is Cc1ccc(OP2OCc3ccccc3O2)c(C(C)(C)C)c1. The third-order valence-corrected chi connectivity index (χ3v) is 4.62. The number of benzene rings is 2. The normalized spacial score (nSPS) is 17.5. The van der Waals surface area contributed by atoms with Gasteiger partial charge in [-0.3, -0.25) is 4.52 Å². The summed E-state index contributed by atoms with van der Waals surface area (Å²) in [6.45, 7) is 9.16. The van der Waals surface area contributed by atoms with Crippen molar-refractivity contribution >= 4 is 8.60 Å². The van der Waals surface area contributed by atoms with Crippen LogP contribution in [0.5, 0.6) is 11.5 Å². The number of hydrogen-bond acceptors (Lipinski definition) is 3. The van der Waals surface area contributed by atoms with E-state index in [1.807, 2.05) is 30.3 Å². The Morgan fingerprint density at radius 2 is 1.86 bits per heavy atom. The molecule has 0 fully saturated rings. The summed E-state index contributed by atoms with van der Waals surface area (Å²) in [6, 6.07) is 14.1. The summed E-state index contributed by atoms with van der Waals surface area (Å²) < 4.78 is 17.6. The summed E-state index contributed by atoms with van der Waals surface area (Å²) >= 11 is 0. The second kappa shape index (κ2) is 5.91. The van der Waals surface area contributed by atoms with E-state index in [-0.39, 0.29) is 5.41 Å². The zero-order chi connectivity index (χ0) is 15.7. The highest BCUT2D eigenvalue weighted by atomic mass is 31.2. The molecule has 4 heteroatoms. The number of hydrogen-bond donors (Lipinski definition) is 0. The Balaban J connectivity index is 1.83. The largest absolute Gasteiger partial charge is 0.463 e. The van der Waals surface area contributed by atoms with Crippen LogP contribution < -0.4 is 9.05 Å². The summed E-state index contributed by atoms with van der Waals surface area (Å²) in [5, 5.41) is 0. The van der Waals surface area contributed by atoms with E-state index in [9.17, 15) is 0 Å². The van der Waals surface area contributed by atoms with Crippen molar-refractivity contribution in [2.45, 2.75) is 39.7 Å². The van der Waals surface area contributed by atoms with Crippen molar-refractivity contribution in [3.8, 4) is 11.5 Å². The summed E-state index contributed by atoms with van der Waals surface area (Å²) in [7, 11) is -1.41. The lowest BCUT2D eigenvalue weighted by Gasteiger charge is -2.27. The average molecular weight is 316 g/mol. The molecule has 1 atom stereocenters. The third-order valence-electron chi connectivity index (χ3n) is 3.59. The topological polar surface area (TPSA) is 27.7 Å². The zero-order valence-corrected chi connectivity index (χ0v) is 14.3. The lowest BCUT2D eigenvalue weighted by Crippen LogP contribution is -2.14. The molecule has 0 bridgehead atoms. The van der Waals surface area contributed by atoms with Gasteiger partial charge in [0.15, 0.2) is 0 Å². The zero-order valence-electron chi connectivity index (χ0n) is 13.4. The van der Waals surface area contributed by atoms with E-state index in [0.717, 1.165) is 17.1 Å². The second-order valence-electron chi connectivity index (χ2n) is 6.54. The van der Waals surface area contributed by atoms with Crippen molar-refractivity contribution in [1.29, 1.82) is 0 Å². The molecule has 0 aromatic heterocycles. The van der Waals surface area contributed by atoms with Gasteiger partial charge in [0.05, 0.1) is 6.61 Å². The monoisotopic (exact) mass is 316 g/mol. The molecule has 2 aromatic carbocycles. The van der Waals surface area contributed by atoms with Crippen molar-refractivity contribution in [2.24, 2.45) is 0 Å². The van der Waals surface area contributed by atoms with Gasteiger partial charge in [-0.1, -0.05) is 56.7 Å². The highest BCUT2D eigenvalue weighted by Gasteiger charge is 2.27. The molecule has 1 aliphatic rings. The summed E-state index contributed by atoms with van der Waals surface area (Å²) in [6.07, 6.45) is 0. The Bertz CT molecular complexity index is 676. The van der Waals surface area contributed by atoms with Crippen LogP contribution in [-0.4, -0.2) is 0 Å². The van der Waals surface area contributed by atoms with Crippen molar-refractivity contribution in [3.63, 3.8) is 0 Å². The van der Waals surface area contributed by atoms with Crippen LogP contribution in [0.25, 0.3) is 0 Å². The molecular formula is C18H21O3P. The predicted molar refractivity (Wildman–Crippen MR) is 89.3 cm³/mol. The van der Waals surface area contributed by atoms with E-state index in [1.54, 1.807) is 0 Å². The molecule has 3 rings (SSSR count). The Morgan fingerprint density at radius 3 is 2.64 bits per heavy atom. The summed E-state index contributed by atoms with van der Waals surface area (Å²) in [5.74, 6) is 1.69. The highest BCUT2D eigenvalue weighted by Crippen LogP contribution is 2.49. The van der Waals surface area contributed by atoms with Gasteiger partial charge in [-0.2, -0.15) is 0 Å². The van der Waals surface area contributed by atoms with E-state index < -0.39 is 8.60 Å². The van der Waals surface area contributed by atoms with Crippen LogP contribution in [0.4, 0.5) is 0 Å².